The molecule has 0 atom stereocenters. The van der Waals surface area contributed by atoms with Gasteiger partial charge in [0.2, 0.25) is 5.91 Å². The number of fused-ring (bicyclic) bond motifs is 1. The number of likely N-dealkylation sites (N-methyl/N-ethyl adjacent to an activating group) is 1. The van der Waals surface area contributed by atoms with Crippen molar-refractivity contribution >= 4 is 11.8 Å². The molecule has 1 aliphatic heterocycles. The van der Waals surface area contributed by atoms with Crippen LogP contribution in [0.3, 0.4) is 0 Å². The Hall–Kier alpha value is -1.68. The van der Waals surface area contributed by atoms with Crippen LogP contribution in [-0.2, 0) is 17.8 Å². The van der Waals surface area contributed by atoms with E-state index in [1.807, 2.05) is 25.1 Å². The molecule has 0 spiro atoms. The Bertz CT molecular complexity index is 468. The Kier molecular flexibility index (Phi) is 3.24. The number of carbonyl (C=O) groups excluding carboxylic acids is 2. The van der Waals surface area contributed by atoms with Crippen molar-refractivity contribution in [1.82, 2.24) is 10.2 Å². The third-order valence-corrected chi connectivity index (χ3v) is 3.00. The number of amides is 2. The molecule has 17 heavy (non-hydrogen) atoms. The maximum absolute atomic E-state index is 11.9. The first-order valence-electron chi connectivity index (χ1n) is 5.77. The number of rotatable bonds is 3. The van der Waals surface area contributed by atoms with Gasteiger partial charge in [-0.2, -0.15) is 0 Å². The summed E-state index contributed by atoms with van der Waals surface area (Å²) in [4.78, 5) is 24.6. The number of nitrogens with zero attached hydrogens (tertiary/aromatic N) is 1. The molecule has 90 valence electrons. The molecule has 0 fully saturated rings. The van der Waals surface area contributed by atoms with Gasteiger partial charge in [-0.3, -0.25) is 14.5 Å². The van der Waals surface area contributed by atoms with Crippen LogP contribution in [0.4, 0.5) is 0 Å². The molecule has 0 radical (unpaired) electrons. The summed E-state index contributed by atoms with van der Waals surface area (Å²) in [6.07, 6.45) is 0.319. The van der Waals surface area contributed by atoms with Crippen LogP contribution in [-0.4, -0.2) is 30.3 Å². The Morgan fingerprint density at radius 1 is 1.35 bits per heavy atom. The zero-order valence-electron chi connectivity index (χ0n) is 10.1. The van der Waals surface area contributed by atoms with E-state index in [4.69, 9.17) is 0 Å². The van der Waals surface area contributed by atoms with E-state index in [0.29, 0.717) is 12.0 Å². The van der Waals surface area contributed by atoms with Crippen molar-refractivity contribution in [2.45, 2.75) is 19.9 Å². The van der Waals surface area contributed by atoms with Crippen LogP contribution >= 0.6 is 0 Å². The fraction of sp³-hybridized carbons (Fsp3) is 0.385. The lowest BCUT2D eigenvalue weighted by molar-refractivity contribution is -0.127. The summed E-state index contributed by atoms with van der Waals surface area (Å²) >= 11 is 0. The molecule has 0 saturated heterocycles. The highest BCUT2D eigenvalue weighted by Gasteiger charge is 2.27. The van der Waals surface area contributed by atoms with Crippen molar-refractivity contribution in [3.63, 3.8) is 0 Å². The first kappa shape index (κ1) is 11.8. The summed E-state index contributed by atoms with van der Waals surface area (Å²) in [7, 11) is 1.53. The quantitative estimate of drug-likeness (QED) is 0.789. The minimum absolute atomic E-state index is 0.137. The molecule has 4 heteroatoms. The highest BCUT2D eigenvalue weighted by molar-refractivity contribution is 6.09. The fourth-order valence-electron chi connectivity index (χ4n) is 1.93. The van der Waals surface area contributed by atoms with E-state index < -0.39 is 0 Å². The molecule has 0 bridgehead atoms. The van der Waals surface area contributed by atoms with Gasteiger partial charge >= 0.3 is 0 Å². The molecule has 1 aromatic carbocycles. The summed E-state index contributed by atoms with van der Waals surface area (Å²) in [5.74, 6) is -0.337. The van der Waals surface area contributed by atoms with Gasteiger partial charge in [0.05, 0.1) is 6.42 Å². The summed E-state index contributed by atoms with van der Waals surface area (Å²) in [5, 5.41) is 3.21. The first-order valence-corrected chi connectivity index (χ1v) is 5.77. The number of hydrogen-bond acceptors (Lipinski definition) is 3. The fourth-order valence-corrected chi connectivity index (χ4v) is 1.93. The first-order chi connectivity index (χ1) is 8.13. The minimum atomic E-state index is -0.199. The predicted molar refractivity (Wildman–Crippen MR) is 64.6 cm³/mol. The normalized spacial score (nSPS) is 15.1. The van der Waals surface area contributed by atoms with Crippen LogP contribution in [0.5, 0.6) is 0 Å². The largest absolute Gasteiger partial charge is 0.313 e. The molecule has 1 aliphatic rings. The van der Waals surface area contributed by atoms with Crippen molar-refractivity contribution in [1.29, 1.82) is 0 Å². The highest BCUT2D eigenvalue weighted by Crippen LogP contribution is 2.20. The standard InChI is InChI=1S/C13H16N2O2/c1-3-14-8-9-4-5-10-7-12(16)15(2)13(17)11(10)6-9/h4-6,14H,3,7-8H2,1-2H3. The summed E-state index contributed by atoms with van der Waals surface area (Å²) in [5.41, 5.74) is 2.56. The Balaban J connectivity index is 2.32. The average molecular weight is 232 g/mol. The molecule has 1 heterocycles. The van der Waals surface area contributed by atoms with Gasteiger partial charge in [-0.15, -0.1) is 0 Å². The van der Waals surface area contributed by atoms with E-state index in [2.05, 4.69) is 5.32 Å². The minimum Gasteiger partial charge on any atom is -0.313 e. The molecule has 0 aromatic heterocycles. The lowest BCUT2D eigenvalue weighted by atomic mass is 9.96. The zero-order valence-corrected chi connectivity index (χ0v) is 10.1. The maximum atomic E-state index is 11.9. The van der Waals surface area contributed by atoms with Gasteiger partial charge < -0.3 is 5.32 Å². The van der Waals surface area contributed by atoms with Crippen LogP contribution in [0.2, 0.25) is 0 Å². The topological polar surface area (TPSA) is 49.4 Å². The Labute approximate surface area is 101 Å². The van der Waals surface area contributed by atoms with Gasteiger partial charge in [0, 0.05) is 19.2 Å². The van der Waals surface area contributed by atoms with Crippen molar-refractivity contribution < 1.29 is 9.59 Å². The molecule has 4 nitrogen and oxygen atoms in total. The SMILES string of the molecule is CCNCc1ccc2c(c1)C(=O)N(C)C(=O)C2. The second kappa shape index (κ2) is 4.67. The second-order valence-electron chi connectivity index (χ2n) is 4.21. The molecular weight excluding hydrogens is 216 g/mol. The summed E-state index contributed by atoms with van der Waals surface area (Å²) < 4.78 is 0. The number of carbonyl (C=O) groups is 2. The average Bonchev–Trinajstić information content (AvgIpc) is 2.34. The third-order valence-electron chi connectivity index (χ3n) is 3.00. The van der Waals surface area contributed by atoms with E-state index in [-0.39, 0.29) is 11.8 Å². The van der Waals surface area contributed by atoms with Crippen LogP contribution in [0.25, 0.3) is 0 Å². The van der Waals surface area contributed by atoms with E-state index in [1.165, 1.54) is 11.9 Å². The van der Waals surface area contributed by atoms with Gasteiger partial charge in [0.15, 0.2) is 0 Å². The van der Waals surface area contributed by atoms with E-state index in [0.717, 1.165) is 24.2 Å². The second-order valence-corrected chi connectivity index (χ2v) is 4.21. The molecule has 2 amide bonds. The third kappa shape index (κ3) is 2.22. The lowest BCUT2D eigenvalue weighted by Gasteiger charge is -2.23. The Morgan fingerprint density at radius 3 is 2.82 bits per heavy atom. The molecule has 2 rings (SSSR count). The van der Waals surface area contributed by atoms with Crippen molar-refractivity contribution in [2.75, 3.05) is 13.6 Å². The smallest absolute Gasteiger partial charge is 0.260 e. The zero-order chi connectivity index (χ0) is 12.4. The molecule has 1 aromatic rings. The highest BCUT2D eigenvalue weighted by atomic mass is 16.2. The van der Waals surface area contributed by atoms with Crippen LogP contribution < -0.4 is 5.32 Å². The van der Waals surface area contributed by atoms with Crippen LogP contribution in [0.15, 0.2) is 18.2 Å². The predicted octanol–water partition coefficient (Wildman–Crippen LogP) is 0.951. The van der Waals surface area contributed by atoms with Crippen molar-refractivity contribution in [2.24, 2.45) is 0 Å². The van der Waals surface area contributed by atoms with E-state index >= 15 is 0 Å². The van der Waals surface area contributed by atoms with Crippen molar-refractivity contribution in [3.8, 4) is 0 Å². The van der Waals surface area contributed by atoms with Crippen molar-refractivity contribution in [3.05, 3.63) is 34.9 Å². The van der Waals surface area contributed by atoms with Crippen LogP contribution in [0.1, 0.15) is 28.4 Å². The number of benzene rings is 1. The van der Waals surface area contributed by atoms with Gasteiger partial charge in [-0.05, 0) is 23.7 Å². The van der Waals surface area contributed by atoms with E-state index in [1.54, 1.807) is 0 Å². The number of imide groups is 1. The summed E-state index contributed by atoms with van der Waals surface area (Å²) in [6.45, 7) is 3.67. The number of nitrogens with one attached hydrogen (secondary N) is 1. The van der Waals surface area contributed by atoms with Gasteiger partial charge in [0.1, 0.15) is 0 Å². The molecule has 1 N–H and O–H groups in total. The number of hydrogen-bond donors (Lipinski definition) is 1. The van der Waals surface area contributed by atoms with E-state index in [9.17, 15) is 9.59 Å². The molecule has 0 saturated carbocycles. The molecule has 0 aliphatic carbocycles. The molecule has 0 unspecified atom stereocenters. The summed E-state index contributed by atoms with van der Waals surface area (Å²) in [6, 6.07) is 5.72. The Morgan fingerprint density at radius 2 is 2.12 bits per heavy atom. The van der Waals surface area contributed by atoms with Gasteiger partial charge in [-0.1, -0.05) is 19.1 Å². The maximum Gasteiger partial charge on any atom is 0.260 e. The van der Waals surface area contributed by atoms with Crippen LogP contribution in [0, 0.1) is 0 Å². The van der Waals surface area contributed by atoms with Gasteiger partial charge in [0.25, 0.3) is 5.91 Å². The van der Waals surface area contributed by atoms with Gasteiger partial charge in [-0.25, -0.2) is 0 Å². The monoisotopic (exact) mass is 232 g/mol. The lowest BCUT2D eigenvalue weighted by Crippen LogP contribution is -2.39. The molecular formula is C13H16N2O2.